The van der Waals surface area contributed by atoms with Crippen LogP contribution < -0.4 is 9.46 Å². The van der Waals surface area contributed by atoms with Crippen molar-refractivity contribution in [1.29, 1.82) is 0 Å². The van der Waals surface area contributed by atoms with Crippen LogP contribution in [0.1, 0.15) is 23.9 Å². The van der Waals surface area contributed by atoms with Crippen molar-refractivity contribution < 1.29 is 17.9 Å². The van der Waals surface area contributed by atoms with Gasteiger partial charge in [-0.25, -0.2) is 9.50 Å². The molecule has 9 nitrogen and oxygen atoms in total. The zero-order chi connectivity index (χ0) is 19.9. The Morgan fingerprint density at radius 3 is 2.59 bits per heavy atom. The van der Waals surface area contributed by atoms with Gasteiger partial charge < -0.3 is 4.74 Å². The lowest BCUT2D eigenvalue weighted by molar-refractivity contribution is -0.131. The normalized spacial score (nSPS) is 11.6. The lowest BCUT2D eigenvalue weighted by Gasteiger charge is -2.14. The van der Waals surface area contributed by atoms with E-state index in [-0.39, 0.29) is 22.2 Å². The van der Waals surface area contributed by atoms with Crippen LogP contribution in [0.15, 0.2) is 23.4 Å². The average molecular weight is 410 g/mol. The molecule has 3 rings (SSSR count). The summed E-state index contributed by atoms with van der Waals surface area (Å²) in [6.07, 6.45) is 0. The van der Waals surface area contributed by atoms with Crippen LogP contribution in [0.4, 0.5) is 5.69 Å². The maximum atomic E-state index is 12.8. The maximum Gasteiger partial charge on any atom is 0.308 e. The lowest BCUT2D eigenvalue weighted by Crippen LogP contribution is -2.17. The van der Waals surface area contributed by atoms with Gasteiger partial charge in [0.1, 0.15) is 5.69 Å². The van der Waals surface area contributed by atoms with Crippen LogP contribution in [0, 0.1) is 20.8 Å². The molecule has 0 bridgehead atoms. The molecule has 1 aromatic carbocycles. The van der Waals surface area contributed by atoms with Crippen LogP contribution in [0.5, 0.6) is 5.75 Å². The number of benzene rings is 1. The first-order valence-corrected chi connectivity index (χ1v) is 9.66. The van der Waals surface area contributed by atoms with Crippen molar-refractivity contribution in [3.63, 3.8) is 0 Å². The van der Waals surface area contributed by atoms with Crippen molar-refractivity contribution in [3.8, 4) is 5.75 Å². The molecule has 1 N–H and O–H groups in total. The molecule has 0 aliphatic carbocycles. The number of halogens is 1. The maximum absolute atomic E-state index is 12.8. The molecule has 2 aromatic heterocycles. The second-order valence-electron chi connectivity index (χ2n) is 5.91. The number of fused-ring (bicyclic) bond motifs is 1. The molecule has 0 saturated carbocycles. The van der Waals surface area contributed by atoms with E-state index >= 15 is 0 Å². The first-order chi connectivity index (χ1) is 12.6. The highest BCUT2D eigenvalue weighted by atomic mass is 35.5. The monoisotopic (exact) mass is 409 g/mol. The smallest absolute Gasteiger partial charge is 0.308 e. The molecule has 2 heterocycles. The molecule has 3 aromatic rings. The fourth-order valence-corrected chi connectivity index (χ4v) is 3.68. The molecule has 0 atom stereocenters. The molecule has 0 radical (unpaired) electrons. The van der Waals surface area contributed by atoms with Crippen molar-refractivity contribution in [2.45, 2.75) is 32.9 Å². The predicted octanol–water partition coefficient (Wildman–Crippen LogP) is 2.43. The van der Waals surface area contributed by atoms with Crippen molar-refractivity contribution in [1.82, 2.24) is 19.6 Å². The Labute approximate surface area is 160 Å². The van der Waals surface area contributed by atoms with E-state index < -0.39 is 21.1 Å². The number of anilines is 1. The largest absolute Gasteiger partial charge is 0.424 e. The third-order valence-corrected chi connectivity index (χ3v) is 5.07. The van der Waals surface area contributed by atoms with Crippen molar-refractivity contribution in [2.24, 2.45) is 0 Å². The van der Waals surface area contributed by atoms with E-state index in [2.05, 4.69) is 19.8 Å². The molecule has 0 saturated heterocycles. The Morgan fingerprint density at radius 2 is 1.93 bits per heavy atom. The second-order valence-corrected chi connectivity index (χ2v) is 7.90. The van der Waals surface area contributed by atoms with Gasteiger partial charge in [0.05, 0.1) is 5.02 Å². The Bertz CT molecular complexity index is 1170. The summed E-state index contributed by atoms with van der Waals surface area (Å²) in [5.74, 6) is -0.433. The Morgan fingerprint density at radius 1 is 1.22 bits per heavy atom. The number of esters is 1. The summed E-state index contributed by atoms with van der Waals surface area (Å²) in [5.41, 5.74) is 1.83. The summed E-state index contributed by atoms with van der Waals surface area (Å²) in [5, 5.41) is 3.59. The summed E-state index contributed by atoms with van der Waals surface area (Å²) < 4.78 is 34.3. The molecule has 0 aliphatic rings. The van der Waals surface area contributed by atoms with Gasteiger partial charge in [0.15, 0.2) is 5.75 Å². The summed E-state index contributed by atoms with van der Waals surface area (Å²) in [6.45, 7) is 6.40. The molecule has 0 fully saturated rings. The minimum Gasteiger partial charge on any atom is -0.424 e. The number of aromatic nitrogens is 4. The van der Waals surface area contributed by atoms with Gasteiger partial charge in [0.25, 0.3) is 21.0 Å². The number of carbonyl (C=O) groups excluding carboxylic acids is 1. The third-order valence-electron chi connectivity index (χ3n) is 3.63. The molecule has 27 heavy (non-hydrogen) atoms. The highest BCUT2D eigenvalue weighted by Gasteiger charge is 2.25. The number of nitrogens with zero attached hydrogens (tertiary/aromatic N) is 4. The standard InChI is InChI=1S/C16H16ClN5O4S/c1-8-5-6-12(17)13(14(8)26-11(4)23)21-27(24,25)16-19-15-18-9(2)7-10(3)22(15)20-16/h5-7,21H,1-4H3. The van der Waals surface area contributed by atoms with Gasteiger partial charge in [-0.1, -0.05) is 17.7 Å². The number of hydrogen-bond donors (Lipinski definition) is 1. The van der Waals surface area contributed by atoms with E-state index in [0.29, 0.717) is 17.0 Å². The number of ether oxygens (including phenoxy) is 1. The van der Waals surface area contributed by atoms with Crippen LogP contribution in [-0.2, 0) is 14.8 Å². The molecule has 11 heteroatoms. The summed E-state index contributed by atoms with van der Waals surface area (Å²) in [4.78, 5) is 19.5. The number of carbonyl (C=O) groups is 1. The fraction of sp³-hybridized carbons (Fsp3) is 0.250. The van der Waals surface area contributed by atoms with Crippen LogP contribution >= 0.6 is 11.6 Å². The van der Waals surface area contributed by atoms with E-state index in [9.17, 15) is 13.2 Å². The predicted molar refractivity (Wildman–Crippen MR) is 98.6 cm³/mol. The van der Waals surface area contributed by atoms with Crippen LogP contribution in [0.3, 0.4) is 0 Å². The van der Waals surface area contributed by atoms with Crippen LogP contribution in [-0.4, -0.2) is 34.0 Å². The summed E-state index contributed by atoms with van der Waals surface area (Å²) in [6, 6.07) is 4.85. The van der Waals surface area contributed by atoms with Gasteiger partial charge in [-0.05, 0) is 38.5 Å². The van der Waals surface area contributed by atoms with Crippen LogP contribution in [0.25, 0.3) is 5.78 Å². The van der Waals surface area contributed by atoms with E-state index in [1.807, 2.05) is 0 Å². The third kappa shape index (κ3) is 3.71. The van der Waals surface area contributed by atoms with Crippen molar-refractivity contribution >= 4 is 39.1 Å². The van der Waals surface area contributed by atoms with Gasteiger partial charge in [0, 0.05) is 18.3 Å². The molecular formula is C16H16ClN5O4S. The molecule has 0 unspecified atom stereocenters. The number of aryl methyl sites for hydroxylation is 3. The van der Waals surface area contributed by atoms with Crippen molar-refractivity contribution in [3.05, 3.63) is 40.2 Å². The topological polar surface area (TPSA) is 116 Å². The summed E-state index contributed by atoms with van der Waals surface area (Å²) >= 11 is 6.13. The quantitative estimate of drug-likeness (QED) is 0.519. The second kappa shape index (κ2) is 6.78. The van der Waals surface area contributed by atoms with Gasteiger partial charge in [-0.15, -0.1) is 5.10 Å². The first kappa shape index (κ1) is 19.1. The van der Waals surface area contributed by atoms with Crippen molar-refractivity contribution in [2.75, 3.05) is 4.72 Å². The zero-order valence-electron chi connectivity index (χ0n) is 14.9. The Kier molecular flexibility index (Phi) is 4.79. The molecule has 142 valence electrons. The van der Waals surface area contributed by atoms with Gasteiger partial charge >= 0.3 is 5.97 Å². The van der Waals surface area contributed by atoms with Gasteiger partial charge in [-0.2, -0.15) is 13.4 Å². The number of hydrogen-bond acceptors (Lipinski definition) is 7. The Balaban J connectivity index is 2.09. The van der Waals surface area contributed by atoms with Gasteiger partial charge in [0.2, 0.25) is 0 Å². The zero-order valence-corrected chi connectivity index (χ0v) is 16.5. The van der Waals surface area contributed by atoms with E-state index in [4.69, 9.17) is 16.3 Å². The van der Waals surface area contributed by atoms with E-state index in [1.165, 1.54) is 17.5 Å². The summed E-state index contributed by atoms with van der Waals surface area (Å²) in [7, 11) is -4.21. The highest BCUT2D eigenvalue weighted by molar-refractivity contribution is 7.92. The highest BCUT2D eigenvalue weighted by Crippen LogP contribution is 2.37. The molecule has 0 aliphatic heterocycles. The average Bonchev–Trinajstić information content (AvgIpc) is 2.99. The Hall–Kier alpha value is -2.72. The minimum absolute atomic E-state index is 0.0208. The lowest BCUT2D eigenvalue weighted by atomic mass is 10.2. The molecular weight excluding hydrogens is 394 g/mol. The number of nitrogens with one attached hydrogen (secondary N) is 1. The van der Waals surface area contributed by atoms with Gasteiger partial charge in [-0.3, -0.25) is 9.52 Å². The van der Waals surface area contributed by atoms with E-state index in [0.717, 1.165) is 0 Å². The van der Waals surface area contributed by atoms with Crippen LogP contribution in [0.2, 0.25) is 5.02 Å². The first-order valence-electron chi connectivity index (χ1n) is 7.80. The number of rotatable bonds is 4. The fourth-order valence-electron chi connectivity index (χ4n) is 2.47. The SMILES string of the molecule is CC(=O)Oc1c(C)ccc(Cl)c1NS(=O)(=O)c1nc2nc(C)cc(C)n2n1. The van der Waals surface area contributed by atoms with E-state index in [1.54, 1.807) is 32.9 Å². The minimum atomic E-state index is -4.21. The molecule has 0 spiro atoms. The molecule has 0 amide bonds. The number of sulfonamides is 1.